The number of rotatable bonds is 3. The fourth-order valence-corrected chi connectivity index (χ4v) is 2.45. The summed E-state index contributed by atoms with van der Waals surface area (Å²) < 4.78 is 12.8. The van der Waals surface area contributed by atoms with Crippen LogP contribution in [-0.4, -0.2) is 34.1 Å². The molecule has 2 aromatic rings. The van der Waals surface area contributed by atoms with Crippen LogP contribution in [0.25, 0.3) is 0 Å². The van der Waals surface area contributed by atoms with Gasteiger partial charge in [-0.1, -0.05) is 0 Å². The summed E-state index contributed by atoms with van der Waals surface area (Å²) in [6.45, 7) is 1.58. The number of hydrogen-bond donors (Lipinski definition) is 1. The van der Waals surface area contributed by atoms with E-state index in [2.05, 4.69) is 15.5 Å². The molecule has 1 saturated heterocycles. The van der Waals surface area contributed by atoms with Crippen LogP contribution >= 0.6 is 0 Å². The molecule has 114 valence electrons. The van der Waals surface area contributed by atoms with Crippen LogP contribution < -0.4 is 5.32 Å². The third-order valence-electron chi connectivity index (χ3n) is 3.64. The number of carbonyl (C=O) groups is 1. The molecular weight excluding hydrogens is 283 g/mol. The van der Waals surface area contributed by atoms with E-state index in [0.29, 0.717) is 17.2 Å². The SMILES string of the molecule is O=C(c1ccc(Nc2ccc(F)cc2)nn1)N1CCCCC1. The fraction of sp³-hybridized carbons (Fsp3) is 0.312. The van der Waals surface area contributed by atoms with Crippen LogP contribution in [0.1, 0.15) is 29.8 Å². The Bertz CT molecular complexity index is 636. The molecule has 0 unspecified atom stereocenters. The Kier molecular flexibility index (Phi) is 4.27. The smallest absolute Gasteiger partial charge is 0.274 e. The highest BCUT2D eigenvalue weighted by Crippen LogP contribution is 2.16. The minimum absolute atomic E-state index is 0.0690. The number of benzene rings is 1. The first kappa shape index (κ1) is 14.4. The molecule has 0 bridgehead atoms. The van der Waals surface area contributed by atoms with E-state index in [1.165, 1.54) is 18.6 Å². The normalized spacial score (nSPS) is 14.7. The molecule has 6 heteroatoms. The maximum atomic E-state index is 12.8. The third kappa shape index (κ3) is 3.39. The Morgan fingerprint density at radius 3 is 2.36 bits per heavy atom. The molecule has 0 aliphatic carbocycles. The maximum absolute atomic E-state index is 12.8. The maximum Gasteiger partial charge on any atom is 0.274 e. The molecule has 2 heterocycles. The van der Waals surface area contributed by atoms with Crippen molar-refractivity contribution in [2.45, 2.75) is 19.3 Å². The molecule has 3 rings (SSSR count). The van der Waals surface area contributed by atoms with Gasteiger partial charge in [-0.25, -0.2) is 4.39 Å². The highest BCUT2D eigenvalue weighted by molar-refractivity contribution is 5.92. The topological polar surface area (TPSA) is 58.1 Å². The summed E-state index contributed by atoms with van der Waals surface area (Å²) in [5.41, 5.74) is 1.07. The number of hydrogen-bond acceptors (Lipinski definition) is 4. The molecule has 0 radical (unpaired) electrons. The number of aromatic nitrogens is 2. The summed E-state index contributed by atoms with van der Waals surface area (Å²) in [6.07, 6.45) is 3.27. The lowest BCUT2D eigenvalue weighted by atomic mass is 10.1. The van der Waals surface area contributed by atoms with Gasteiger partial charge >= 0.3 is 0 Å². The highest BCUT2D eigenvalue weighted by Gasteiger charge is 2.19. The van der Waals surface area contributed by atoms with Gasteiger partial charge in [-0.2, -0.15) is 0 Å². The van der Waals surface area contributed by atoms with Crippen molar-refractivity contribution in [3.05, 3.63) is 47.9 Å². The van der Waals surface area contributed by atoms with Gasteiger partial charge in [-0.3, -0.25) is 4.79 Å². The van der Waals surface area contributed by atoms with Gasteiger partial charge < -0.3 is 10.2 Å². The lowest BCUT2D eigenvalue weighted by Crippen LogP contribution is -2.36. The van der Waals surface area contributed by atoms with Crippen molar-refractivity contribution in [2.75, 3.05) is 18.4 Å². The standard InChI is InChI=1S/C16H17FN4O/c17-12-4-6-13(7-5-12)18-15-9-8-14(19-20-15)16(22)21-10-2-1-3-11-21/h4-9H,1-3,10-11H2,(H,18,20). The molecule has 1 aromatic heterocycles. The molecule has 5 nitrogen and oxygen atoms in total. The van der Waals surface area contributed by atoms with E-state index in [9.17, 15) is 9.18 Å². The van der Waals surface area contributed by atoms with Gasteiger partial charge in [-0.05, 0) is 55.7 Å². The van der Waals surface area contributed by atoms with Gasteiger partial charge in [0.2, 0.25) is 0 Å². The van der Waals surface area contributed by atoms with Gasteiger partial charge in [0.1, 0.15) is 5.82 Å². The van der Waals surface area contributed by atoms with E-state index in [-0.39, 0.29) is 11.7 Å². The van der Waals surface area contributed by atoms with Crippen molar-refractivity contribution in [1.82, 2.24) is 15.1 Å². The predicted molar refractivity (Wildman–Crippen MR) is 81.5 cm³/mol. The molecule has 1 aliphatic rings. The largest absolute Gasteiger partial charge is 0.339 e. The van der Waals surface area contributed by atoms with E-state index < -0.39 is 0 Å². The second-order valence-corrected chi connectivity index (χ2v) is 5.29. The first-order valence-corrected chi connectivity index (χ1v) is 7.38. The van der Waals surface area contributed by atoms with Gasteiger partial charge in [0, 0.05) is 18.8 Å². The Labute approximate surface area is 128 Å². The predicted octanol–water partition coefficient (Wildman–Crippen LogP) is 2.99. The quantitative estimate of drug-likeness (QED) is 0.946. The van der Waals surface area contributed by atoms with E-state index in [0.717, 1.165) is 25.9 Å². The van der Waals surface area contributed by atoms with E-state index in [1.54, 1.807) is 24.3 Å². The second kappa shape index (κ2) is 6.51. The monoisotopic (exact) mass is 300 g/mol. The van der Waals surface area contributed by atoms with Gasteiger partial charge in [0.15, 0.2) is 11.5 Å². The molecule has 0 spiro atoms. The average Bonchev–Trinajstić information content (AvgIpc) is 2.58. The molecule has 1 aromatic carbocycles. The Balaban J connectivity index is 1.66. The van der Waals surface area contributed by atoms with Crippen molar-refractivity contribution >= 4 is 17.4 Å². The summed E-state index contributed by atoms with van der Waals surface area (Å²) in [7, 11) is 0. The van der Waals surface area contributed by atoms with E-state index in [1.807, 2.05) is 4.90 Å². The zero-order chi connectivity index (χ0) is 15.4. The average molecular weight is 300 g/mol. The van der Waals surface area contributed by atoms with Crippen LogP contribution in [0, 0.1) is 5.82 Å². The van der Waals surface area contributed by atoms with Crippen LogP contribution in [0.2, 0.25) is 0 Å². The number of nitrogens with zero attached hydrogens (tertiary/aromatic N) is 3. The number of carbonyl (C=O) groups excluding carboxylic acids is 1. The molecule has 0 saturated carbocycles. The Hall–Kier alpha value is -2.50. The van der Waals surface area contributed by atoms with E-state index >= 15 is 0 Å². The van der Waals surface area contributed by atoms with Crippen molar-refractivity contribution in [2.24, 2.45) is 0 Å². The summed E-state index contributed by atoms with van der Waals surface area (Å²) in [6, 6.07) is 9.32. The first-order valence-electron chi connectivity index (χ1n) is 7.38. The van der Waals surface area contributed by atoms with Gasteiger partial charge in [-0.15, -0.1) is 10.2 Å². The molecular formula is C16H17FN4O. The summed E-state index contributed by atoms with van der Waals surface area (Å²) in [5.74, 6) is 0.154. The van der Waals surface area contributed by atoms with Crippen molar-refractivity contribution in [1.29, 1.82) is 0 Å². The van der Waals surface area contributed by atoms with Crippen LogP contribution in [0.15, 0.2) is 36.4 Å². The fourth-order valence-electron chi connectivity index (χ4n) is 2.45. The number of halogens is 1. The number of nitrogens with one attached hydrogen (secondary N) is 1. The van der Waals surface area contributed by atoms with Gasteiger partial charge in [0.25, 0.3) is 5.91 Å². The third-order valence-corrected chi connectivity index (χ3v) is 3.64. The van der Waals surface area contributed by atoms with Crippen LogP contribution in [-0.2, 0) is 0 Å². The molecule has 1 fully saturated rings. The Morgan fingerprint density at radius 2 is 1.73 bits per heavy atom. The van der Waals surface area contributed by atoms with Crippen molar-refractivity contribution < 1.29 is 9.18 Å². The lowest BCUT2D eigenvalue weighted by molar-refractivity contribution is 0.0717. The first-order chi connectivity index (χ1) is 10.7. The lowest BCUT2D eigenvalue weighted by Gasteiger charge is -2.26. The van der Waals surface area contributed by atoms with Crippen LogP contribution in [0.3, 0.4) is 0 Å². The van der Waals surface area contributed by atoms with Crippen LogP contribution in [0.4, 0.5) is 15.9 Å². The molecule has 1 N–H and O–H groups in total. The number of amides is 1. The van der Waals surface area contributed by atoms with Crippen molar-refractivity contribution in [3.8, 4) is 0 Å². The summed E-state index contributed by atoms with van der Waals surface area (Å²) in [4.78, 5) is 14.1. The zero-order valence-electron chi connectivity index (χ0n) is 12.1. The molecule has 22 heavy (non-hydrogen) atoms. The minimum atomic E-state index is -0.292. The second-order valence-electron chi connectivity index (χ2n) is 5.29. The number of piperidine rings is 1. The van der Waals surface area contributed by atoms with Crippen LogP contribution in [0.5, 0.6) is 0 Å². The summed E-state index contributed by atoms with van der Waals surface area (Å²) >= 11 is 0. The molecule has 1 aliphatic heterocycles. The van der Waals surface area contributed by atoms with E-state index in [4.69, 9.17) is 0 Å². The number of likely N-dealkylation sites (tertiary alicyclic amines) is 1. The minimum Gasteiger partial charge on any atom is -0.339 e. The zero-order valence-corrected chi connectivity index (χ0v) is 12.1. The Morgan fingerprint density at radius 1 is 1.00 bits per heavy atom. The highest BCUT2D eigenvalue weighted by atomic mass is 19.1. The molecule has 1 amide bonds. The van der Waals surface area contributed by atoms with Crippen molar-refractivity contribution in [3.63, 3.8) is 0 Å². The summed E-state index contributed by atoms with van der Waals surface area (Å²) in [5, 5.41) is 11.0. The number of anilines is 2. The van der Waals surface area contributed by atoms with Gasteiger partial charge in [0.05, 0.1) is 0 Å². The molecule has 0 atom stereocenters.